The Morgan fingerprint density at radius 2 is 1.58 bits per heavy atom. The van der Waals surface area contributed by atoms with E-state index in [4.69, 9.17) is 14.2 Å². The first kappa shape index (κ1) is 24.0. The lowest BCUT2D eigenvalue weighted by molar-refractivity contribution is -0.140. The van der Waals surface area contributed by atoms with E-state index in [1.807, 2.05) is 0 Å². The van der Waals surface area contributed by atoms with Crippen molar-refractivity contribution in [2.24, 2.45) is 0 Å². The fourth-order valence-electron chi connectivity index (χ4n) is 2.27. The number of carbonyl (C=O) groups is 2. The Hall–Kier alpha value is -3.29. The zero-order valence-electron chi connectivity index (χ0n) is 16.7. The normalized spacial score (nSPS) is 11.4. The maximum atomic E-state index is 12.2. The average molecular weight is 435 g/mol. The molecule has 0 aromatic heterocycles. The minimum absolute atomic E-state index is 0.220. The fourth-order valence-corrected chi connectivity index (χ4v) is 2.27. The Morgan fingerprint density at radius 1 is 0.935 bits per heavy atom. The van der Waals surface area contributed by atoms with Gasteiger partial charge in [0, 0.05) is 6.08 Å². The van der Waals surface area contributed by atoms with E-state index in [1.54, 1.807) is 30.3 Å². The van der Waals surface area contributed by atoms with Gasteiger partial charge in [-0.1, -0.05) is 25.5 Å². The van der Waals surface area contributed by atoms with E-state index in [9.17, 15) is 22.8 Å². The van der Waals surface area contributed by atoms with E-state index in [0.29, 0.717) is 30.8 Å². The first-order valence-electron chi connectivity index (χ1n) is 9.53. The molecule has 0 aliphatic carbocycles. The molecule has 0 N–H and O–H groups in total. The first-order valence-corrected chi connectivity index (χ1v) is 9.53. The quantitative estimate of drug-likeness (QED) is 0.216. The molecule has 5 nitrogen and oxygen atoms in total. The number of hydrogen-bond donors (Lipinski definition) is 0. The van der Waals surface area contributed by atoms with Crippen molar-refractivity contribution in [3.8, 4) is 11.5 Å². The number of ether oxygens (including phenoxy) is 3. The Kier molecular flexibility index (Phi) is 9.12. The summed E-state index contributed by atoms with van der Waals surface area (Å²) >= 11 is 0. The molecule has 2 aromatic rings. The largest absolute Gasteiger partial charge is 0.493 e. The Bertz CT molecular complexity index is 872. The van der Waals surface area contributed by atoms with E-state index >= 15 is 0 Å². The van der Waals surface area contributed by atoms with Crippen molar-refractivity contribution in [1.82, 2.24) is 0 Å². The van der Waals surface area contributed by atoms with Crippen molar-refractivity contribution in [1.29, 1.82) is 0 Å². The van der Waals surface area contributed by atoms with Crippen LogP contribution in [0.5, 0.6) is 11.5 Å². The van der Waals surface area contributed by atoms with Crippen LogP contribution in [0.2, 0.25) is 0 Å². The monoisotopic (exact) mass is 435 g/mol. The van der Waals surface area contributed by atoms with Crippen molar-refractivity contribution in [2.45, 2.75) is 25.4 Å². The summed E-state index contributed by atoms with van der Waals surface area (Å²) < 4.78 is 51.6. The molecule has 0 saturated carbocycles. The van der Waals surface area contributed by atoms with Gasteiger partial charge in [0.2, 0.25) is 0 Å². The van der Waals surface area contributed by atoms with E-state index in [-0.39, 0.29) is 11.3 Å². The van der Waals surface area contributed by atoms with Crippen molar-refractivity contribution in [3.63, 3.8) is 0 Å². The van der Waals surface area contributed by atoms with Crippen molar-refractivity contribution in [3.05, 3.63) is 72.7 Å². The van der Waals surface area contributed by atoms with Crippen LogP contribution in [0.1, 0.15) is 35.2 Å². The standard InChI is InChI=1S/C23H22F3O5/c1-2-3-15-30-21(27)13-6-17-4-9-20(10-5-17)31-22(28)18-7-11-19(12-8-18)29-16-14-23(24,25)26/h4-13H,1-3,14-16H2/b13-6+. The van der Waals surface area contributed by atoms with E-state index < -0.39 is 31.1 Å². The van der Waals surface area contributed by atoms with Crippen LogP contribution in [0, 0.1) is 6.92 Å². The van der Waals surface area contributed by atoms with Gasteiger partial charge in [-0.25, -0.2) is 9.59 Å². The van der Waals surface area contributed by atoms with Crippen LogP contribution < -0.4 is 9.47 Å². The van der Waals surface area contributed by atoms with Gasteiger partial charge in [-0.2, -0.15) is 13.2 Å². The molecule has 0 fully saturated rings. The first-order chi connectivity index (χ1) is 14.8. The molecule has 0 saturated heterocycles. The number of esters is 2. The summed E-state index contributed by atoms with van der Waals surface area (Å²) in [7, 11) is 0. The molecule has 0 amide bonds. The summed E-state index contributed by atoms with van der Waals surface area (Å²) in [5.74, 6) is -0.554. The van der Waals surface area contributed by atoms with E-state index in [1.165, 1.54) is 30.3 Å². The molecule has 2 rings (SSSR count). The lowest BCUT2D eigenvalue weighted by Crippen LogP contribution is -2.13. The third-order valence-electron chi connectivity index (χ3n) is 3.89. The van der Waals surface area contributed by atoms with E-state index in [0.717, 1.165) is 0 Å². The van der Waals surface area contributed by atoms with Crippen molar-refractivity contribution < 1.29 is 37.0 Å². The number of unbranched alkanes of at least 4 members (excludes halogenated alkanes) is 1. The van der Waals surface area contributed by atoms with Crippen LogP contribution in [0.3, 0.4) is 0 Å². The zero-order valence-corrected chi connectivity index (χ0v) is 16.7. The topological polar surface area (TPSA) is 61.8 Å². The van der Waals surface area contributed by atoms with Gasteiger partial charge < -0.3 is 14.2 Å². The molecule has 0 heterocycles. The fraction of sp³-hybridized carbons (Fsp3) is 0.261. The van der Waals surface area contributed by atoms with Gasteiger partial charge in [0.25, 0.3) is 0 Å². The predicted octanol–water partition coefficient (Wildman–Crippen LogP) is 5.41. The maximum absolute atomic E-state index is 12.2. The zero-order chi connectivity index (χ0) is 22.7. The molecular weight excluding hydrogens is 413 g/mol. The van der Waals surface area contributed by atoms with Crippen LogP contribution in [0.25, 0.3) is 6.08 Å². The minimum atomic E-state index is -4.29. The number of rotatable bonds is 10. The van der Waals surface area contributed by atoms with Crippen LogP contribution in [0.4, 0.5) is 13.2 Å². The van der Waals surface area contributed by atoms with Crippen LogP contribution in [-0.4, -0.2) is 31.3 Å². The highest BCUT2D eigenvalue weighted by molar-refractivity contribution is 5.91. The third kappa shape index (κ3) is 9.37. The Labute approximate surface area is 178 Å². The summed E-state index contributed by atoms with van der Waals surface area (Å²) in [4.78, 5) is 23.7. The molecule has 31 heavy (non-hydrogen) atoms. The smallest absolute Gasteiger partial charge is 0.392 e. The average Bonchev–Trinajstić information content (AvgIpc) is 2.73. The Balaban J connectivity index is 1.84. The summed E-state index contributed by atoms with van der Waals surface area (Å²) in [6.07, 6.45) is -1.06. The van der Waals surface area contributed by atoms with Gasteiger partial charge in [-0.15, -0.1) is 0 Å². The summed E-state index contributed by atoms with van der Waals surface area (Å²) in [5, 5.41) is 0. The highest BCUT2D eigenvalue weighted by Gasteiger charge is 2.26. The number of benzene rings is 2. The SMILES string of the molecule is [CH2]CCCOC(=O)/C=C/c1ccc(OC(=O)c2ccc(OCCC(F)(F)F)cc2)cc1. The number of carbonyl (C=O) groups excluding carboxylic acids is 2. The van der Waals surface area contributed by atoms with Crippen molar-refractivity contribution >= 4 is 18.0 Å². The molecule has 2 aromatic carbocycles. The molecular formula is C23H22F3O5. The second kappa shape index (κ2) is 11.8. The molecule has 8 heteroatoms. The Morgan fingerprint density at radius 3 is 2.19 bits per heavy atom. The predicted molar refractivity (Wildman–Crippen MR) is 109 cm³/mol. The lowest BCUT2D eigenvalue weighted by atomic mass is 10.2. The van der Waals surface area contributed by atoms with E-state index in [2.05, 4.69) is 6.92 Å². The van der Waals surface area contributed by atoms with Gasteiger partial charge in [0.15, 0.2) is 0 Å². The number of halogens is 3. The molecule has 1 radical (unpaired) electrons. The third-order valence-corrected chi connectivity index (χ3v) is 3.89. The maximum Gasteiger partial charge on any atom is 0.392 e. The van der Waals surface area contributed by atoms with Gasteiger partial charge in [-0.3, -0.25) is 0 Å². The van der Waals surface area contributed by atoms with Crippen LogP contribution in [-0.2, 0) is 9.53 Å². The van der Waals surface area contributed by atoms with Gasteiger partial charge in [0.1, 0.15) is 11.5 Å². The molecule has 0 spiro atoms. The van der Waals surface area contributed by atoms with Crippen LogP contribution in [0.15, 0.2) is 54.6 Å². The minimum Gasteiger partial charge on any atom is -0.493 e. The summed E-state index contributed by atoms with van der Waals surface area (Å²) in [6.45, 7) is 3.48. The highest BCUT2D eigenvalue weighted by atomic mass is 19.4. The summed E-state index contributed by atoms with van der Waals surface area (Å²) in [6, 6.07) is 12.1. The molecule has 0 atom stereocenters. The lowest BCUT2D eigenvalue weighted by Gasteiger charge is -2.09. The molecule has 0 aliphatic heterocycles. The molecule has 165 valence electrons. The van der Waals surface area contributed by atoms with Crippen LogP contribution >= 0.6 is 0 Å². The number of hydrogen-bond acceptors (Lipinski definition) is 5. The molecule has 0 aliphatic rings. The van der Waals surface area contributed by atoms with Crippen molar-refractivity contribution in [2.75, 3.05) is 13.2 Å². The van der Waals surface area contributed by atoms with Gasteiger partial charge in [0.05, 0.1) is 25.2 Å². The second-order valence-electron chi connectivity index (χ2n) is 6.40. The number of alkyl halides is 3. The molecule has 0 bridgehead atoms. The van der Waals surface area contributed by atoms with Gasteiger partial charge in [-0.05, 0) is 54.5 Å². The summed E-state index contributed by atoms with van der Waals surface area (Å²) in [5.41, 5.74) is 0.937. The second-order valence-corrected chi connectivity index (χ2v) is 6.40. The van der Waals surface area contributed by atoms with Gasteiger partial charge >= 0.3 is 18.1 Å². The molecule has 0 unspecified atom stereocenters. The highest BCUT2D eigenvalue weighted by Crippen LogP contribution is 2.21.